The van der Waals surface area contributed by atoms with Crippen molar-refractivity contribution in [3.8, 4) is 17.0 Å². The molecule has 35 heavy (non-hydrogen) atoms. The summed E-state index contributed by atoms with van der Waals surface area (Å²) in [5, 5.41) is 9.15. The predicted octanol–water partition coefficient (Wildman–Crippen LogP) is 3.49. The summed E-state index contributed by atoms with van der Waals surface area (Å²) in [4.78, 5) is 16.9. The number of amides is 1. The number of sulfone groups is 1. The van der Waals surface area contributed by atoms with Crippen molar-refractivity contribution in [1.29, 1.82) is 0 Å². The van der Waals surface area contributed by atoms with Crippen LogP contribution in [0.3, 0.4) is 0 Å². The lowest BCUT2D eigenvalue weighted by molar-refractivity contribution is -0.134. The van der Waals surface area contributed by atoms with Crippen LogP contribution in [-0.2, 0) is 25.8 Å². The lowest BCUT2D eigenvalue weighted by Gasteiger charge is -2.34. The third-order valence-corrected chi connectivity index (χ3v) is 8.67. The number of carbonyl (C=O) groups is 1. The minimum atomic E-state index is -4.07. The summed E-state index contributed by atoms with van der Waals surface area (Å²) in [5.41, 5.74) is 3.35. The van der Waals surface area contributed by atoms with Gasteiger partial charge in [0.2, 0.25) is 0 Å². The fourth-order valence-corrected chi connectivity index (χ4v) is 6.14. The quantitative estimate of drug-likeness (QED) is 0.260. The molecule has 0 aliphatic carbocycles. The third-order valence-electron chi connectivity index (χ3n) is 6.16. The van der Waals surface area contributed by atoms with Gasteiger partial charge in [-0.05, 0) is 50.5 Å². The van der Waals surface area contributed by atoms with E-state index >= 15 is 0 Å². The Hall–Kier alpha value is -3.21. The van der Waals surface area contributed by atoms with E-state index in [1.807, 2.05) is 37.3 Å². The van der Waals surface area contributed by atoms with E-state index in [1.54, 1.807) is 12.1 Å². The lowest BCUT2D eigenvalue weighted by Crippen LogP contribution is -2.54. The van der Waals surface area contributed by atoms with Crippen LogP contribution in [0.1, 0.15) is 30.9 Å². The normalized spacial score (nSPS) is 15.5. The highest BCUT2D eigenvalue weighted by Gasteiger charge is 2.52. The average molecular weight is 501 g/mol. The molecule has 4 rings (SSSR count). The summed E-state index contributed by atoms with van der Waals surface area (Å²) in [6.45, 7) is 2.51. The van der Waals surface area contributed by atoms with Gasteiger partial charge >= 0.3 is 0 Å². The first-order chi connectivity index (χ1) is 16.9. The van der Waals surface area contributed by atoms with E-state index in [1.165, 1.54) is 17.6 Å². The number of aryl methyl sites for hydroxylation is 2. The lowest BCUT2D eigenvalue weighted by atomic mass is 9.98. The Bertz CT molecular complexity index is 1250. The number of hydroxylamine groups is 1. The molecule has 0 unspecified atom stereocenters. The van der Waals surface area contributed by atoms with Crippen LogP contribution in [0.5, 0.6) is 5.75 Å². The Labute approximate surface area is 204 Å². The summed E-state index contributed by atoms with van der Waals surface area (Å²) >= 11 is 0. The van der Waals surface area contributed by atoms with Gasteiger partial charge < -0.3 is 13.9 Å². The van der Waals surface area contributed by atoms with Crippen LogP contribution in [-0.4, -0.2) is 49.1 Å². The average Bonchev–Trinajstić information content (AvgIpc) is 3.27. The molecule has 1 aromatic heterocycles. The molecule has 0 radical (unpaired) electrons. The fourth-order valence-electron chi connectivity index (χ4n) is 4.20. The summed E-state index contributed by atoms with van der Waals surface area (Å²) in [6, 6.07) is 15.8. The van der Waals surface area contributed by atoms with Crippen molar-refractivity contribution in [2.45, 2.75) is 42.2 Å². The Balaban J connectivity index is 1.36. The standard InChI is InChI=1S/C25H28N2O7S/c1-18-23(19-6-3-2-4-7-19)26-22(34-18)8-5-15-33-20-9-11-21(12-10-20)35(30,31)25(24(28)27-29)13-16-32-17-14-25/h2-4,6-7,9-12,29H,5,8,13-17H2,1H3,(H,27,28). The Morgan fingerprint density at radius 2 is 1.80 bits per heavy atom. The first-order valence-corrected chi connectivity index (χ1v) is 12.9. The van der Waals surface area contributed by atoms with Crippen LogP contribution in [0, 0.1) is 6.92 Å². The van der Waals surface area contributed by atoms with Gasteiger partial charge in [0.15, 0.2) is 20.5 Å². The third kappa shape index (κ3) is 5.09. The van der Waals surface area contributed by atoms with E-state index in [0.29, 0.717) is 31.1 Å². The molecule has 0 bridgehead atoms. The van der Waals surface area contributed by atoms with Gasteiger partial charge in [-0.25, -0.2) is 18.9 Å². The fraction of sp³-hybridized carbons (Fsp3) is 0.360. The number of hydrogen-bond acceptors (Lipinski definition) is 8. The van der Waals surface area contributed by atoms with Gasteiger partial charge in [-0.15, -0.1) is 0 Å². The van der Waals surface area contributed by atoms with Gasteiger partial charge in [0.05, 0.1) is 11.5 Å². The maximum Gasteiger partial charge on any atom is 0.265 e. The van der Waals surface area contributed by atoms with Crippen molar-refractivity contribution in [2.24, 2.45) is 0 Å². The maximum atomic E-state index is 13.3. The molecule has 3 aromatic rings. The summed E-state index contributed by atoms with van der Waals surface area (Å²) < 4.78 is 41.6. The van der Waals surface area contributed by atoms with Crippen molar-refractivity contribution in [2.75, 3.05) is 19.8 Å². The van der Waals surface area contributed by atoms with Gasteiger partial charge in [0.1, 0.15) is 17.2 Å². The predicted molar refractivity (Wildman–Crippen MR) is 127 cm³/mol. The molecular formula is C25H28N2O7S. The topological polar surface area (TPSA) is 128 Å². The molecule has 0 spiro atoms. The molecule has 0 saturated carbocycles. The Kier molecular flexibility index (Phi) is 7.54. The molecule has 0 atom stereocenters. The van der Waals surface area contributed by atoms with E-state index in [2.05, 4.69) is 4.98 Å². The Morgan fingerprint density at radius 3 is 2.46 bits per heavy atom. The number of ether oxygens (including phenoxy) is 2. The van der Waals surface area contributed by atoms with Gasteiger partial charge in [-0.2, -0.15) is 0 Å². The largest absolute Gasteiger partial charge is 0.494 e. The molecule has 186 valence electrons. The van der Waals surface area contributed by atoms with E-state index in [9.17, 15) is 13.2 Å². The van der Waals surface area contributed by atoms with Crippen molar-refractivity contribution in [3.05, 3.63) is 66.2 Å². The molecule has 2 heterocycles. The number of rotatable bonds is 9. The highest BCUT2D eigenvalue weighted by Crippen LogP contribution is 2.35. The number of carbonyl (C=O) groups excluding carboxylic acids is 1. The number of nitrogens with one attached hydrogen (secondary N) is 1. The van der Waals surface area contributed by atoms with E-state index in [0.717, 1.165) is 17.0 Å². The van der Waals surface area contributed by atoms with Crippen LogP contribution in [0.4, 0.5) is 0 Å². The zero-order valence-electron chi connectivity index (χ0n) is 19.4. The van der Waals surface area contributed by atoms with Crippen molar-refractivity contribution in [3.63, 3.8) is 0 Å². The number of oxazole rings is 1. The second-order valence-electron chi connectivity index (χ2n) is 8.35. The van der Waals surface area contributed by atoms with Crippen LogP contribution in [0.15, 0.2) is 63.9 Å². The van der Waals surface area contributed by atoms with Gasteiger partial charge in [-0.3, -0.25) is 10.0 Å². The van der Waals surface area contributed by atoms with Gasteiger partial charge in [0.25, 0.3) is 5.91 Å². The molecule has 9 nitrogen and oxygen atoms in total. The first-order valence-electron chi connectivity index (χ1n) is 11.4. The molecule has 1 fully saturated rings. The van der Waals surface area contributed by atoms with Gasteiger partial charge in [0, 0.05) is 25.2 Å². The minimum absolute atomic E-state index is 0.0148. The molecular weight excluding hydrogens is 472 g/mol. The van der Waals surface area contributed by atoms with Crippen LogP contribution < -0.4 is 10.2 Å². The molecule has 1 amide bonds. The second kappa shape index (κ2) is 10.6. The molecule has 2 N–H and O–H groups in total. The molecule has 2 aromatic carbocycles. The van der Waals surface area contributed by atoms with Crippen LogP contribution in [0.2, 0.25) is 0 Å². The van der Waals surface area contributed by atoms with Crippen LogP contribution >= 0.6 is 0 Å². The van der Waals surface area contributed by atoms with Crippen LogP contribution in [0.25, 0.3) is 11.3 Å². The molecule has 1 aliphatic heterocycles. The van der Waals surface area contributed by atoms with Gasteiger partial charge in [-0.1, -0.05) is 30.3 Å². The maximum absolute atomic E-state index is 13.3. The summed E-state index contributed by atoms with van der Waals surface area (Å²) in [5.74, 6) is 0.958. The highest BCUT2D eigenvalue weighted by atomic mass is 32.2. The van der Waals surface area contributed by atoms with E-state index in [-0.39, 0.29) is 31.0 Å². The number of aromatic nitrogens is 1. The van der Waals surface area contributed by atoms with E-state index in [4.69, 9.17) is 19.1 Å². The minimum Gasteiger partial charge on any atom is -0.494 e. The zero-order chi connectivity index (χ0) is 24.9. The number of benzene rings is 2. The first kappa shape index (κ1) is 24.9. The van der Waals surface area contributed by atoms with Crippen molar-refractivity contribution >= 4 is 15.7 Å². The summed E-state index contributed by atoms with van der Waals surface area (Å²) in [7, 11) is -4.07. The van der Waals surface area contributed by atoms with Crippen molar-refractivity contribution in [1.82, 2.24) is 10.5 Å². The van der Waals surface area contributed by atoms with Crippen molar-refractivity contribution < 1.29 is 32.3 Å². The number of nitrogens with zero attached hydrogens (tertiary/aromatic N) is 1. The second-order valence-corrected chi connectivity index (χ2v) is 10.6. The SMILES string of the molecule is Cc1oc(CCCOc2ccc(S(=O)(=O)C3(C(=O)NO)CCOCC3)cc2)nc1-c1ccccc1. The highest BCUT2D eigenvalue weighted by molar-refractivity contribution is 7.93. The summed E-state index contributed by atoms with van der Waals surface area (Å²) in [6.07, 6.45) is 1.19. The smallest absolute Gasteiger partial charge is 0.265 e. The zero-order valence-corrected chi connectivity index (χ0v) is 20.2. The Morgan fingerprint density at radius 1 is 1.11 bits per heavy atom. The number of hydrogen-bond donors (Lipinski definition) is 2. The van der Waals surface area contributed by atoms with E-state index < -0.39 is 20.5 Å². The molecule has 1 aliphatic rings. The molecule has 1 saturated heterocycles. The monoisotopic (exact) mass is 500 g/mol. The molecule has 10 heteroatoms.